The van der Waals surface area contributed by atoms with Crippen molar-refractivity contribution in [3.8, 4) is 0 Å². The standard InChI is InChI=1S/C25H33BrN2O2S/c1-6-19(4)27-25(30)20(5)28(14-21-8-7-9-23(26)13-21)24(29)16-31-15-22-11-17(2)10-18(3)12-22/h7-13,19-20H,6,14-16H2,1-5H3,(H,27,30)/t19-,20+/m1/s1. The van der Waals surface area contributed by atoms with E-state index in [4.69, 9.17) is 0 Å². The highest BCUT2D eigenvalue weighted by molar-refractivity contribution is 9.10. The van der Waals surface area contributed by atoms with E-state index in [-0.39, 0.29) is 17.9 Å². The van der Waals surface area contributed by atoms with E-state index in [0.29, 0.717) is 12.3 Å². The minimum atomic E-state index is -0.540. The highest BCUT2D eigenvalue weighted by Crippen LogP contribution is 2.19. The highest BCUT2D eigenvalue weighted by atomic mass is 79.9. The summed E-state index contributed by atoms with van der Waals surface area (Å²) in [4.78, 5) is 27.6. The third-order valence-corrected chi connectivity index (χ3v) is 6.67. The molecule has 4 nitrogen and oxygen atoms in total. The molecule has 0 radical (unpaired) electrons. The smallest absolute Gasteiger partial charge is 0.242 e. The Kier molecular flexibility index (Phi) is 10.1. The SMILES string of the molecule is CC[C@@H](C)NC(=O)[C@H](C)N(Cc1cccc(Br)c1)C(=O)CSCc1cc(C)cc(C)c1. The largest absolute Gasteiger partial charge is 0.352 e. The van der Waals surface area contributed by atoms with Gasteiger partial charge >= 0.3 is 0 Å². The first kappa shape index (κ1) is 25.5. The zero-order valence-corrected chi connectivity index (χ0v) is 21.5. The number of halogens is 1. The molecule has 1 N–H and O–H groups in total. The predicted octanol–water partition coefficient (Wildman–Crippen LogP) is 5.63. The molecule has 0 unspecified atom stereocenters. The van der Waals surface area contributed by atoms with E-state index in [1.54, 1.807) is 16.7 Å². The zero-order valence-electron chi connectivity index (χ0n) is 19.1. The number of rotatable bonds is 10. The van der Waals surface area contributed by atoms with Crippen molar-refractivity contribution in [1.29, 1.82) is 0 Å². The number of thioether (sulfide) groups is 1. The van der Waals surface area contributed by atoms with E-state index >= 15 is 0 Å². The average Bonchev–Trinajstić information content (AvgIpc) is 2.70. The van der Waals surface area contributed by atoms with Crippen LogP contribution in [0.25, 0.3) is 0 Å². The van der Waals surface area contributed by atoms with E-state index < -0.39 is 6.04 Å². The molecule has 0 saturated carbocycles. The van der Waals surface area contributed by atoms with Crippen molar-refractivity contribution in [3.05, 3.63) is 69.2 Å². The summed E-state index contributed by atoms with van der Waals surface area (Å²) in [7, 11) is 0. The average molecular weight is 506 g/mol. The van der Waals surface area contributed by atoms with Gasteiger partial charge in [-0.05, 0) is 57.4 Å². The number of carbonyl (C=O) groups is 2. The van der Waals surface area contributed by atoms with Crippen molar-refractivity contribution >= 4 is 39.5 Å². The summed E-state index contributed by atoms with van der Waals surface area (Å²) in [6, 6.07) is 13.9. The van der Waals surface area contributed by atoms with Crippen molar-refractivity contribution in [2.75, 3.05) is 5.75 Å². The van der Waals surface area contributed by atoms with Crippen LogP contribution in [0.1, 0.15) is 49.4 Å². The number of nitrogens with one attached hydrogen (secondary N) is 1. The Balaban J connectivity index is 2.09. The van der Waals surface area contributed by atoms with Crippen molar-refractivity contribution in [2.45, 2.75) is 65.4 Å². The molecule has 168 valence electrons. The first-order chi connectivity index (χ1) is 14.7. The molecular weight excluding hydrogens is 472 g/mol. The lowest BCUT2D eigenvalue weighted by Gasteiger charge is -2.29. The fourth-order valence-electron chi connectivity index (χ4n) is 3.37. The molecule has 31 heavy (non-hydrogen) atoms. The maximum Gasteiger partial charge on any atom is 0.242 e. The van der Waals surface area contributed by atoms with Gasteiger partial charge in [0.05, 0.1) is 5.75 Å². The molecule has 0 fully saturated rings. The van der Waals surface area contributed by atoms with Crippen LogP contribution in [-0.4, -0.2) is 34.6 Å². The van der Waals surface area contributed by atoms with Gasteiger partial charge in [-0.1, -0.05) is 64.3 Å². The van der Waals surface area contributed by atoms with Crippen LogP contribution in [-0.2, 0) is 21.9 Å². The molecule has 0 aliphatic heterocycles. The Bertz CT molecular complexity index is 883. The number of aryl methyl sites for hydroxylation is 2. The number of hydrogen-bond donors (Lipinski definition) is 1. The van der Waals surface area contributed by atoms with Gasteiger partial charge in [0.15, 0.2) is 0 Å². The molecule has 2 rings (SSSR count). The molecule has 0 aliphatic rings. The van der Waals surface area contributed by atoms with E-state index in [1.165, 1.54) is 16.7 Å². The minimum Gasteiger partial charge on any atom is -0.352 e. The number of carbonyl (C=O) groups excluding carboxylic acids is 2. The summed E-state index contributed by atoms with van der Waals surface area (Å²) < 4.78 is 0.957. The molecule has 0 aliphatic carbocycles. The molecular formula is C25H33BrN2O2S. The Hall–Kier alpha value is -1.79. The van der Waals surface area contributed by atoms with Crippen LogP contribution in [0.2, 0.25) is 0 Å². The van der Waals surface area contributed by atoms with Crippen LogP contribution < -0.4 is 5.32 Å². The number of benzene rings is 2. The van der Waals surface area contributed by atoms with Gasteiger partial charge in [0, 0.05) is 22.8 Å². The minimum absolute atomic E-state index is 0.0267. The fourth-order valence-corrected chi connectivity index (χ4v) is 4.66. The molecule has 2 atom stereocenters. The molecule has 6 heteroatoms. The third-order valence-electron chi connectivity index (χ3n) is 5.19. The van der Waals surface area contributed by atoms with Crippen molar-refractivity contribution in [2.24, 2.45) is 0 Å². The van der Waals surface area contributed by atoms with E-state index in [0.717, 1.165) is 22.2 Å². The molecule has 2 aromatic carbocycles. The Morgan fingerprint density at radius 2 is 1.74 bits per heavy atom. The molecule has 0 aromatic heterocycles. The van der Waals surface area contributed by atoms with Gasteiger partial charge in [-0.2, -0.15) is 0 Å². The van der Waals surface area contributed by atoms with Gasteiger partial charge in [-0.25, -0.2) is 0 Å². The second-order valence-corrected chi connectivity index (χ2v) is 10.0. The Morgan fingerprint density at radius 1 is 1.06 bits per heavy atom. The normalized spacial score (nSPS) is 12.8. The maximum absolute atomic E-state index is 13.2. The van der Waals surface area contributed by atoms with Gasteiger partial charge in [-0.15, -0.1) is 11.8 Å². The topological polar surface area (TPSA) is 49.4 Å². The molecule has 0 heterocycles. The maximum atomic E-state index is 13.2. The van der Waals surface area contributed by atoms with Crippen molar-refractivity contribution in [3.63, 3.8) is 0 Å². The summed E-state index contributed by atoms with van der Waals surface area (Å²) in [6.07, 6.45) is 0.851. The van der Waals surface area contributed by atoms with Crippen LogP contribution in [0.5, 0.6) is 0 Å². The van der Waals surface area contributed by atoms with Gasteiger partial charge < -0.3 is 10.2 Å². The third kappa shape index (κ3) is 8.34. The monoisotopic (exact) mass is 504 g/mol. The van der Waals surface area contributed by atoms with Crippen LogP contribution in [0.4, 0.5) is 0 Å². The van der Waals surface area contributed by atoms with E-state index in [9.17, 15) is 9.59 Å². The zero-order chi connectivity index (χ0) is 23.0. The lowest BCUT2D eigenvalue weighted by Crippen LogP contribution is -2.50. The predicted molar refractivity (Wildman–Crippen MR) is 134 cm³/mol. The lowest BCUT2D eigenvalue weighted by atomic mass is 10.1. The molecule has 2 aromatic rings. The lowest BCUT2D eigenvalue weighted by molar-refractivity contribution is -0.138. The highest BCUT2D eigenvalue weighted by Gasteiger charge is 2.26. The van der Waals surface area contributed by atoms with E-state index in [2.05, 4.69) is 53.3 Å². The summed E-state index contributed by atoms with van der Waals surface area (Å²) in [5, 5.41) is 3.01. The summed E-state index contributed by atoms with van der Waals surface area (Å²) in [6.45, 7) is 10.4. The van der Waals surface area contributed by atoms with Crippen LogP contribution in [0.3, 0.4) is 0 Å². The summed E-state index contributed by atoms with van der Waals surface area (Å²) >= 11 is 5.08. The summed E-state index contributed by atoms with van der Waals surface area (Å²) in [5.41, 5.74) is 4.67. The van der Waals surface area contributed by atoms with Gasteiger partial charge in [0.1, 0.15) is 6.04 Å². The number of nitrogens with zero attached hydrogens (tertiary/aromatic N) is 1. The Labute approximate surface area is 199 Å². The van der Waals surface area contributed by atoms with Crippen molar-refractivity contribution in [1.82, 2.24) is 10.2 Å². The first-order valence-electron chi connectivity index (χ1n) is 10.7. The van der Waals surface area contributed by atoms with Crippen LogP contribution in [0.15, 0.2) is 46.9 Å². The van der Waals surface area contributed by atoms with Crippen molar-refractivity contribution < 1.29 is 9.59 Å². The Morgan fingerprint density at radius 3 is 2.35 bits per heavy atom. The second kappa shape index (κ2) is 12.3. The molecule has 0 spiro atoms. The molecule has 0 saturated heterocycles. The summed E-state index contributed by atoms with van der Waals surface area (Å²) in [5.74, 6) is 0.965. The number of hydrogen-bond acceptors (Lipinski definition) is 3. The van der Waals surface area contributed by atoms with Gasteiger partial charge in [0.2, 0.25) is 11.8 Å². The quantitative estimate of drug-likeness (QED) is 0.455. The molecule has 2 amide bonds. The van der Waals surface area contributed by atoms with Crippen LogP contribution >= 0.6 is 27.7 Å². The first-order valence-corrected chi connectivity index (χ1v) is 12.6. The second-order valence-electron chi connectivity index (χ2n) is 8.13. The molecule has 0 bridgehead atoms. The van der Waals surface area contributed by atoms with E-state index in [1.807, 2.05) is 45.0 Å². The van der Waals surface area contributed by atoms with Gasteiger partial charge in [0.25, 0.3) is 0 Å². The van der Waals surface area contributed by atoms with Gasteiger partial charge in [-0.3, -0.25) is 9.59 Å². The fraction of sp³-hybridized carbons (Fsp3) is 0.440. The number of amides is 2. The van der Waals surface area contributed by atoms with Crippen LogP contribution in [0, 0.1) is 13.8 Å².